The number of pyridine rings is 1. The highest BCUT2D eigenvalue weighted by molar-refractivity contribution is 6.05. The third-order valence-electron chi connectivity index (χ3n) is 6.27. The van der Waals surface area contributed by atoms with E-state index in [-0.39, 0.29) is 17.5 Å². The Balaban J connectivity index is 1.24. The topological polar surface area (TPSA) is 119 Å². The molecule has 0 aliphatic carbocycles. The Labute approximate surface area is 214 Å². The maximum atomic E-state index is 14.5. The number of hydrogen-bond donors (Lipinski definition) is 4. The van der Waals surface area contributed by atoms with E-state index in [1.165, 1.54) is 12.1 Å². The second-order valence-electron chi connectivity index (χ2n) is 8.76. The molecule has 1 unspecified atom stereocenters. The number of nitrogens with two attached hydrogens (primary N) is 2. The molecule has 4 aromatic rings. The molecule has 0 spiro atoms. The lowest BCUT2D eigenvalue weighted by Gasteiger charge is -2.19. The third kappa shape index (κ3) is 5.46. The number of anilines is 4. The SMILES string of the molecule is NNc1ccc(-c2ccc(F)c(C(=O)Nc3ccc(N4CCC(Oc5ccccc5)C4)cc3)c2)nc1N. The fourth-order valence-corrected chi connectivity index (χ4v) is 4.32. The number of nitrogen functional groups attached to an aromatic ring is 2. The second kappa shape index (κ2) is 10.5. The highest BCUT2D eigenvalue weighted by atomic mass is 19.1. The first-order valence-electron chi connectivity index (χ1n) is 11.9. The molecule has 1 aliphatic heterocycles. The molecule has 0 bridgehead atoms. The van der Waals surface area contributed by atoms with E-state index >= 15 is 0 Å². The van der Waals surface area contributed by atoms with Gasteiger partial charge in [-0.2, -0.15) is 0 Å². The monoisotopic (exact) mass is 498 g/mol. The van der Waals surface area contributed by atoms with Gasteiger partial charge in [0, 0.05) is 29.9 Å². The summed E-state index contributed by atoms with van der Waals surface area (Å²) in [7, 11) is 0. The first-order valence-corrected chi connectivity index (χ1v) is 11.9. The summed E-state index contributed by atoms with van der Waals surface area (Å²) in [5.74, 6) is 5.27. The smallest absolute Gasteiger partial charge is 0.258 e. The van der Waals surface area contributed by atoms with Crippen molar-refractivity contribution in [2.24, 2.45) is 5.84 Å². The molecule has 9 heteroatoms. The van der Waals surface area contributed by atoms with Crippen LogP contribution in [-0.2, 0) is 0 Å². The van der Waals surface area contributed by atoms with Crippen molar-refractivity contribution < 1.29 is 13.9 Å². The number of hydrazine groups is 1. The number of aromatic nitrogens is 1. The van der Waals surface area contributed by atoms with E-state index in [4.69, 9.17) is 16.3 Å². The molecule has 3 aromatic carbocycles. The second-order valence-corrected chi connectivity index (χ2v) is 8.76. The van der Waals surface area contributed by atoms with Gasteiger partial charge < -0.3 is 26.1 Å². The number of nitrogens with zero attached hydrogens (tertiary/aromatic N) is 2. The lowest BCUT2D eigenvalue weighted by molar-refractivity contribution is 0.102. The number of carbonyl (C=O) groups excluding carboxylic acids is 1. The molecule has 1 fully saturated rings. The number of nitrogens with one attached hydrogen (secondary N) is 2. The van der Waals surface area contributed by atoms with Gasteiger partial charge in [-0.15, -0.1) is 0 Å². The largest absolute Gasteiger partial charge is 0.489 e. The molecule has 1 aliphatic rings. The van der Waals surface area contributed by atoms with Gasteiger partial charge in [-0.1, -0.05) is 18.2 Å². The summed E-state index contributed by atoms with van der Waals surface area (Å²) in [6, 6.07) is 24.9. The van der Waals surface area contributed by atoms with Gasteiger partial charge in [0.2, 0.25) is 0 Å². The molecule has 1 atom stereocenters. The van der Waals surface area contributed by atoms with E-state index in [9.17, 15) is 9.18 Å². The number of halogens is 1. The molecule has 0 saturated carbocycles. The molecule has 6 N–H and O–H groups in total. The summed E-state index contributed by atoms with van der Waals surface area (Å²) < 4.78 is 20.6. The van der Waals surface area contributed by atoms with Crippen LogP contribution in [0.1, 0.15) is 16.8 Å². The Morgan fingerprint density at radius 3 is 2.54 bits per heavy atom. The Kier molecular flexibility index (Phi) is 6.87. The number of amides is 1. The predicted molar refractivity (Wildman–Crippen MR) is 144 cm³/mol. The number of carbonyl (C=O) groups is 1. The van der Waals surface area contributed by atoms with Crippen molar-refractivity contribution in [3.8, 4) is 17.0 Å². The van der Waals surface area contributed by atoms with Crippen LogP contribution in [0.4, 0.5) is 27.3 Å². The van der Waals surface area contributed by atoms with E-state index in [0.29, 0.717) is 22.6 Å². The van der Waals surface area contributed by atoms with Crippen molar-refractivity contribution in [1.82, 2.24) is 4.98 Å². The summed E-state index contributed by atoms with van der Waals surface area (Å²) in [6.45, 7) is 1.65. The van der Waals surface area contributed by atoms with E-state index in [1.54, 1.807) is 30.3 Å². The van der Waals surface area contributed by atoms with Gasteiger partial charge in [-0.25, -0.2) is 9.37 Å². The molecule has 0 radical (unpaired) electrons. The van der Waals surface area contributed by atoms with Gasteiger partial charge in [0.1, 0.15) is 23.5 Å². The average Bonchev–Trinajstić information content (AvgIpc) is 3.38. The van der Waals surface area contributed by atoms with Crippen molar-refractivity contribution in [2.45, 2.75) is 12.5 Å². The van der Waals surface area contributed by atoms with Crippen LogP contribution < -0.4 is 32.0 Å². The predicted octanol–water partition coefficient (Wildman–Crippen LogP) is 4.67. The summed E-state index contributed by atoms with van der Waals surface area (Å²) in [6.07, 6.45) is 1.04. The maximum absolute atomic E-state index is 14.5. The number of hydrogen-bond acceptors (Lipinski definition) is 7. The lowest BCUT2D eigenvalue weighted by atomic mass is 10.1. The van der Waals surface area contributed by atoms with Crippen molar-refractivity contribution in [1.29, 1.82) is 0 Å². The number of ether oxygens (including phenoxy) is 1. The Morgan fingerprint density at radius 1 is 1.03 bits per heavy atom. The molecule has 2 heterocycles. The average molecular weight is 499 g/mol. The standard InChI is InChI=1S/C28H27FN6O2/c29-24-11-6-18(25-12-13-26(34-31)27(30)33-25)16-23(24)28(36)32-19-7-9-20(10-8-19)35-15-14-22(17-35)37-21-4-2-1-3-5-21/h1-13,16,22,34H,14-15,17,31H2,(H2,30,33)(H,32,36). The summed E-state index contributed by atoms with van der Waals surface area (Å²) in [4.78, 5) is 19.4. The highest BCUT2D eigenvalue weighted by Crippen LogP contribution is 2.27. The Morgan fingerprint density at radius 2 is 1.81 bits per heavy atom. The zero-order valence-electron chi connectivity index (χ0n) is 20.0. The number of para-hydroxylation sites is 1. The quantitative estimate of drug-likeness (QED) is 0.216. The van der Waals surface area contributed by atoms with Crippen LogP contribution in [0, 0.1) is 5.82 Å². The van der Waals surface area contributed by atoms with Crippen LogP contribution in [0.2, 0.25) is 0 Å². The maximum Gasteiger partial charge on any atom is 0.258 e. The van der Waals surface area contributed by atoms with Crippen LogP contribution >= 0.6 is 0 Å². The molecular weight excluding hydrogens is 471 g/mol. The fraction of sp³-hybridized carbons (Fsp3) is 0.143. The van der Waals surface area contributed by atoms with Crippen LogP contribution in [0.25, 0.3) is 11.3 Å². The van der Waals surface area contributed by atoms with Crippen LogP contribution in [0.3, 0.4) is 0 Å². The first kappa shape index (κ1) is 24.1. The normalized spacial score (nSPS) is 14.9. The van der Waals surface area contributed by atoms with Gasteiger partial charge in [-0.3, -0.25) is 10.6 Å². The van der Waals surface area contributed by atoms with Gasteiger partial charge in [-0.05, 0) is 66.7 Å². The van der Waals surface area contributed by atoms with E-state index < -0.39 is 11.7 Å². The first-order chi connectivity index (χ1) is 18.0. The minimum absolute atomic E-state index is 0.0941. The fourth-order valence-electron chi connectivity index (χ4n) is 4.32. The van der Waals surface area contributed by atoms with Crippen molar-refractivity contribution in [2.75, 3.05) is 34.5 Å². The molecule has 1 aromatic heterocycles. The van der Waals surface area contributed by atoms with Crippen molar-refractivity contribution >= 4 is 28.8 Å². The molecule has 8 nitrogen and oxygen atoms in total. The zero-order chi connectivity index (χ0) is 25.8. The zero-order valence-corrected chi connectivity index (χ0v) is 20.0. The summed E-state index contributed by atoms with van der Waals surface area (Å²) in [5, 5.41) is 2.77. The molecular formula is C28H27FN6O2. The molecule has 1 amide bonds. The van der Waals surface area contributed by atoms with Crippen molar-refractivity contribution in [3.05, 3.63) is 96.3 Å². The van der Waals surface area contributed by atoms with Gasteiger partial charge in [0.25, 0.3) is 5.91 Å². The number of benzene rings is 3. The van der Waals surface area contributed by atoms with Crippen LogP contribution in [-0.4, -0.2) is 30.1 Å². The lowest BCUT2D eigenvalue weighted by Crippen LogP contribution is -2.24. The van der Waals surface area contributed by atoms with Crippen LogP contribution in [0.5, 0.6) is 5.75 Å². The van der Waals surface area contributed by atoms with Gasteiger partial charge in [0.05, 0.1) is 23.5 Å². The molecule has 188 valence electrons. The third-order valence-corrected chi connectivity index (χ3v) is 6.27. The molecule has 5 rings (SSSR count). The summed E-state index contributed by atoms with van der Waals surface area (Å²) >= 11 is 0. The van der Waals surface area contributed by atoms with Gasteiger partial charge >= 0.3 is 0 Å². The van der Waals surface area contributed by atoms with E-state index in [1.807, 2.05) is 42.5 Å². The summed E-state index contributed by atoms with van der Waals surface area (Å²) in [5.41, 5.74) is 11.4. The highest BCUT2D eigenvalue weighted by Gasteiger charge is 2.24. The minimum atomic E-state index is -0.632. The van der Waals surface area contributed by atoms with E-state index in [0.717, 1.165) is 30.9 Å². The Hall–Kier alpha value is -4.63. The molecule has 37 heavy (non-hydrogen) atoms. The van der Waals surface area contributed by atoms with Gasteiger partial charge in [0.15, 0.2) is 0 Å². The minimum Gasteiger partial charge on any atom is -0.489 e. The molecule has 1 saturated heterocycles. The Bertz CT molecular complexity index is 1400. The van der Waals surface area contributed by atoms with Crippen molar-refractivity contribution in [3.63, 3.8) is 0 Å². The van der Waals surface area contributed by atoms with E-state index in [2.05, 4.69) is 20.6 Å². The number of rotatable bonds is 7. The van der Waals surface area contributed by atoms with Crippen LogP contribution in [0.15, 0.2) is 84.9 Å².